The summed E-state index contributed by atoms with van der Waals surface area (Å²) in [6.45, 7) is 0.680. The summed E-state index contributed by atoms with van der Waals surface area (Å²) in [6, 6.07) is 11.8. The molecule has 0 aliphatic heterocycles. The molecule has 0 spiro atoms. The van der Waals surface area contributed by atoms with E-state index >= 15 is 0 Å². The molecule has 0 bridgehead atoms. The van der Waals surface area contributed by atoms with Crippen LogP contribution >= 0.6 is 11.6 Å². The molecule has 0 amide bonds. The highest BCUT2D eigenvalue weighted by Crippen LogP contribution is 2.28. The Balaban J connectivity index is 2.12. The first kappa shape index (κ1) is 18.8. The van der Waals surface area contributed by atoms with Gasteiger partial charge in [-0.1, -0.05) is 29.8 Å². The summed E-state index contributed by atoms with van der Waals surface area (Å²) >= 11 is 6.20. The first-order chi connectivity index (χ1) is 11.9. The van der Waals surface area contributed by atoms with Crippen molar-refractivity contribution in [1.29, 1.82) is 0 Å². The molecule has 1 atom stereocenters. The number of benzene rings is 2. The van der Waals surface area contributed by atoms with Crippen LogP contribution in [0.5, 0.6) is 0 Å². The molecular weight excluding hydrogens is 344 g/mol. The van der Waals surface area contributed by atoms with Crippen molar-refractivity contribution in [2.75, 3.05) is 11.9 Å². The SMILES string of the molecule is NCC(CC(=O)O)c1ccc(Cl)c(NCc2ccc(C(=O)O)cc2)c1. The van der Waals surface area contributed by atoms with Crippen molar-refractivity contribution >= 4 is 29.2 Å². The molecule has 6 nitrogen and oxygen atoms in total. The fraction of sp³-hybridized carbons (Fsp3) is 0.222. The number of carbonyl (C=O) groups is 2. The second-order valence-corrected chi connectivity index (χ2v) is 6.03. The third kappa shape index (κ3) is 5.20. The molecule has 0 aliphatic carbocycles. The van der Waals surface area contributed by atoms with E-state index in [9.17, 15) is 9.59 Å². The molecular formula is C18H19ClN2O4. The van der Waals surface area contributed by atoms with Gasteiger partial charge < -0.3 is 21.3 Å². The van der Waals surface area contributed by atoms with Gasteiger partial charge in [-0.2, -0.15) is 0 Å². The van der Waals surface area contributed by atoms with Gasteiger partial charge in [0.25, 0.3) is 0 Å². The zero-order valence-corrected chi connectivity index (χ0v) is 14.2. The van der Waals surface area contributed by atoms with Crippen molar-refractivity contribution in [2.45, 2.75) is 18.9 Å². The molecule has 0 aliphatic rings. The molecule has 2 aromatic carbocycles. The number of halogens is 1. The van der Waals surface area contributed by atoms with Gasteiger partial charge >= 0.3 is 11.9 Å². The van der Waals surface area contributed by atoms with E-state index in [1.165, 1.54) is 12.1 Å². The lowest BCUT2D eigenvalue weighted by atomic mass is 9.95. The minimum atomic E-state index is -0.971. The molecule has 0 saturated carbocycles. The molecule has 2 aromatic rings. The van der Waals surface area contributed by atoms with Crippen molar-refractivity contribution in [3.05, 3.63) is 64.2 Å². The van der Waals surface area contributed by atoms with Crippen molar-refractivity contribution in [1.82, 2.24) is 0 Å². The van der Waals surface area contributed by atoms with Gasteiger partial charge in [0, 0.05) is 12.5 Å². The molecule has 2 rings (SSSR count). The van der Waals surface area contributed by atoms with Gasteiger partial charge in [-0.3, -0.25) is 4.79 Å². The van der Waals surface area contributed by atoms with Crippen molar-refractivity contribution in [3.8, 4) is 0 Å². The van der Waals surface area contributed by atoms with Crippen LogP contribution in [-0.4, -0.2) is 28.7 Å². The summed E-state index contributed by atoms with van der Waals surface area (Å²) < 4.78 is 0. The number of aliphatic carboxylic acids is 1. The highest BCUT2D eigenvalue weighted by Gasteiger charge is 2.15. The Morgan fingerprint density at radius 3 is 2.36 bits per heavy atom. The van der Waals surface area contributed by atoms with Crippen LogP contribution in [0.2, 0.25) is 5.02 Å². The number of nitrogens with one attached hydrogen (secondary N) is 1. The molecule has 0 saturated heterocycles. The number of hydrogen-bond donors (Lipinski definition) is 4. The Bertz CT molecular complexity index is 762. The topological polar surface area (TPSA) is 113 Å². The first-order valence-corrected chi connectivity index (χ1v) is 8.06. The van der Waals surface area contributed by atoms with Crippen LogP contribution in [0, 0.1) is 0 Å². The number of aromatic carboxylic acids is 1. The predicted octanol–water partition coefficient (Wildman–Crippen LogP) is 3.17. The number of anilines is 1. The van der Waals surface area contributed by atoms with Crippen LogP contribution in [0.3, 0.4) is 0 Å². The van der Waals surface area contributed by atoms with E-state index < -0.39 is 11.9 Å². The molecule has 7 heteroatoms. The minimum absolute atomic E-state index is 0.0474. The Morgan fingerprint density at radius 1 is 1.12 bits per heavy atom. The highest BCUT2D eigenvalue weighted by molar-refractivity contribution is 6.33. The van der Waals surface area contributed by atoms with Crippen LogP contribution in [0.4, 0.5) is 5.69 Å². The van der Waals surface area contributed by atoms with E-state index in [4.69, 9.17) is 27.5 Å². The number of carboxylic acids is 2. The van der Waals surface area contributed by atoms with E-state index in [-0.39, 0.29) is 24.4 Å². The fourth-order valence-corrected chi connectivity index (χ4v) is 2.63. The minimum Gasteiger partial charge on any atom is -0.481 e. The lowest BCUT2D eigenvalue weighted by Gasteiger charge is -2.16. The number of hydrogen-bond acceptors (Lipinski definition) is 4. The van der Waals surface area contributed by atoms with Crippen LogP contribution in [0.1, 0.15) is 33.8 Å². The zero-order valence-electron chi connectivity index (χ0n) is 13.4. The second kappa shape index (κ2) is 8.50. The van der Waals surface area contributed by atoms with Gasteiger partial charge in [-0.15, -0.1) is 0 Å². The molecule has 0 aromatic heterocycles. The third-order valence-electron chi connectivity index (χ3n) is 3.85. The average molecular weight is 363 g/mol. The summed E-state index contributed by atoms with van der Waals surface area (Å²) in [5.74, 6) is -2.16. The van der Waals surface area contributed by atoms with E-state index in [0.29, 0.717) is 17.3 Å². The van der Waals surface area contributed by atoms with Crippen LogP contribution in [0.25, 0.3) is 0 Å². The Morgan fingerprint density at radius 2 is 1.80 bits per heavy atom. The smallest absolute Gasteiger partial charge is 0.335 e. The number of carboxylic acid groups (broad SMARTS) is 2. The zero-order chi connectivity index (χ0) is 18.4. The van der Waals surface area contributed by atoms with E-state index in [1.54, 1.807) is 30.3 Å². The lowest BCUT2D eigenvalue weighted by molar-refractivity contribution is -0.137. The molecule has 1 unspecified atom stereocenters. The maximum Gasteiger partial charge on any atom is 0.335 e. The van der Waals surface area contributed by atoms with Crippen LogP contribution < -0.4 is 11.1 Å². The Hall–Kier alpha value is -2.57. The van der Waals surface area contributed by atoms with Gasteiger partial charge in [-0.25, -0.2) is 4.79 Å². The maximum absolute atomic E-state index is 10.9. The summed E-state index contributed by atoms with van der Waals surface area (Å²) in [5, 5.41) is 21.6. The summed E-state index contributed by atoms with van der Waals surface area (Å²) in [4.78, 5) is 21.8. The quantitative estimate of drug-likeness (QED) is 0.573. The lowest BCUT2D eigenvalue weighted by Crippen LogP contribution is -2.16. The molecule has 132 valence electrons. The largest absolute Gasteiger partial charge is 0.481 e. The van der Waals surface area contributed by atoms with Crippen LogP contribution in [0.15, 0.2) is 42.5 Å². The monoisotopic (exact) mass is 362 g/mol. The number of rotatable bonds is 8. The highest BCUT2D eigenvalue weighted by atomic mass is 35.5. The summed E-state index contributed by atoms with van der Waals surface area (Å²) in [5.41, 5.74) is 8.28. The van der Waals surface area contributed by atoms with Gasteiger partial charge in [0.15, 0.2) is 0 Å². The molecule has 5 N–H and O–H groups in total. The molecule has 0 radical (unpaired) electrons. The summed E-state index contributed by atoms with van der Waals surface area (Å²) in [7, 11) is 0. The van der Waals surface area contributed by atoms with Crippen molar-refractivity contribution < 1.29 is 19.8 Å². The van der Waals surface area contributed by atoms with Gasteiger partial charge in [0.1, 0.15) is 0 Å². The maximum atomic E-state index is 10.9. The summed E-state index contributed by atoms with van der Waals surface area (Å²) in [6.07, 6.45) is -0.0474. The van der Waals surface area contributed by atoms with Crippen LogP contribution in [-0.2, 0) is 11.3 Å². The molecule has 0 fully saturated rings. The first-order valence-electron chi connectivity index (χ1n) is 7.68. The normalized spacial score (nSPS) is 11.8. The van der Waals surface area contributed by atoms with E-state index in [1.807, 2.05) is 0 Å². The molecule has 0 heterocycles. The van der Waals surface area contributed by atoms with Crippen molar-refractivity contribution in [3.63, 3.8) is 0 Å². The predicted molar refractivity (Wildman–Crippen MR) is 96.2 cm³/mol. The van der Waals surface area contributed by atoms with E-state index in [0.717, 1.165) is 11.1 Å². The Labute approximate surface area is 150 Å². The fourth-order valence-electron chi connectivity index (χ4n) is 2.44. The van der Waals surface area contributed by atoms with Gasteiger partial charge in [0.05, 0.1) is 22.7 Å². The van der Waals surface area contributed by atoms with Gasteiger partial charge in [0.2, 0.25) is 0 Å². The second-order valence-electron chi connectivity index (χ2n) is 5.63. The van der Waals surface area contributed by atoms with E-state index in [2.05, 4.69) is 5.32 Å². The standard InChI is InChI=1S/C18H19ClN2O4/c19-15-6-5-13(14(9-20)8-17(22)23)7-16(15)21-10-11-1-3-12(4-2-11)18(24)25/h1-7,14,21H,8-10,20H2,(H,22,23)(H,24,25). The third-order valence-corrected chi connectivity index (χ3v) is 4.18. The van der Waals surface area contributed by atoms with Crippen molar-refractivity contribution in [2.24, 2.45) is 5.73 Å². The van der Waals surface area contributed by atoms with Gasteiger partial charge in [-0.05, 0) is 41.9 Å². The molecule has 25 heavy (non-hydrogen) atoms. The average Bonchev–Trinajstić information content (AvgIpc) is 2.59. The Kier molecular flexibility index (Phi) is 6.38. The number of nitrogens with two attached hydrogens (primary N) is 1.